The second-order valence-corrected chi connectivity index (χ2v) is 4.24. The number of rotatable bonds is 5. The zero-order valence-corrected chi connectivity index (χ0v) is 12.3. The highest BCUT2D eigenvalue weighted by Crippen LogP contribution is 2.07. The van der Waals surface area contributed by atoms with Crippen molar-refractivity contribution in [3.05, 3.63) is 23.3 Å². The van der Waals surface area contributed by atoms with E-state index in [9.17, 15) is 0 Å². The third-order valence-corrected chi connectivity index (χ3v) is 2.89. The van der Waals surface area contributed by atoms with E-state index in [2.05, 4.69) is 42.5 Å². The summed E-state index contributed by atoms with van der Waals surface area (Å²) in [6.45, 7) is 5.46. The predicted molar refractivity (Wildman–Crippen MR) is 76.0 cm³/mol. The van der Waals surface area contributed by atoms with E-state index in [4.69, 9.17) is 15.0 Å². The van der Waals surface area contributed by atoms with E-state index >= 15 is 0 Å². The third kappa shape index (κ3) is 19.2. The van der Waals surface area contributed by atoms with Crippen LogP contribution in [0.15, 0.2) is 23.3 Å². The van der Waals surface area contributed by atoms with Crippen molar-refractivity contribution in [3.8, 4) is 0 Å². The molecular formula is C12H21IO3. The standard InChI is InChI=1S/C10H17IO.C2H4O2/c1-9(6-7-12)4-3-5-10(2)8-11;1-2(3)4/h5-6,12H,3-4,7-8H2,1-2H3;1H3,(H,3,4). The Bertz CT molecular complexity index is 241. The highest BCUT2D eigenvalue weighted by molar-refractivity contribution is 14.1. The van der Waals surface area contributed by atoms with Crippen molar-refractivity contribution in [2.45, 2.75) is 33.6 Å². The quantitative estimate of drug-likeness (QED) is 0.459. The number of hydrogen-bond acceptors (Lipinski definition) is 2. The Kier molecular flexibility index (Phi) is 14.3. The number of hydrogen-bond donors (Lipinski definition) is 2. The molecule has 0 aliphatic rings. The molecule has 0 fully saturated rings. The monoisotopic (exact) mass is 340 g/mol. The lowest BCUT2D eigenvalue weighted by molar-refractivity contribution is -0.134. The van der Waals surface area contributed by atoms with Crippen molar-refractivity contribution >= 4 is 28.6 Å². The first-order chi connectivity index (χ1) is 7.43. The average molecular weight is 340 g/mol. The Morgan fingerprint density at radius 1 is 1.19 bits per heavy atom. The number of aliphatic hydroxyl groups is 1. The molecule has 0 aromatic heterocycles. The van der Waals surface area contributed by atoms with Gasteiger partial charge in [0.2, 0.25) is 0 Å². The Morgan fingerprint density at radius 2 is 1.69 bits per heavy atom. The Labute approximate surface area is 111 Å². The second-order valence-electron chi connectivity index (χ2n) is 3.47. The van der Waals surface area contributed by atoms with Crippen molar-refractivity contribution in [2.75, 3.05) is 11.0 Å². The minimum absolute atomic E-state index is 0.167. The molecule has 0 radical (unpaired) electrons. The predicted octanol–water partition coefficient (Wildman–Crippen LogP) is 3.18. The molecule has 0 spiro atoms. The normalized spacial score (nSPS) is 11.8. The zero-order chi connectivity index (χ0) is 13.0. The van der Waals surface area contributed by atoms with Crippen LogP contribution < -0.4 is 0 Å². The molecule has 0 aromatic carbocycles. The number of aliphatic carboxylic acids is 1. The van der Waals surface area contributed by atoms with Gasteiger partial charge >= 0.3 is 0 Å². The second kappa shape index (κ2) is 12.7. The SMILES string of the molecule is CC(=CCCC(C)=CCO)CI.CC(=O)O. The Morgan fingerprint density at radius 3 is 2.06 bits per heavy atom. The number of carboxylic acid groups (broad SMARTS) is 1. The fourth-order valence-corrected chi connectivity index (χ4v) is 1.17. The van der Waals surface area contributed by atoms with Gasteiger partial charge < -0.3 is 10.2 Å². The molecule has 0 heterocycles. The van der Waals surface area contributed by atoms with Crippen LogP contribution in [0.1, 0.15) is 33.6 Å². The summed E-state index contributed by atoms with van der Waals surface area (Å²) in [5.74, 6) is -0.833. The average Bonchev–Trinajstić information content (AvgIpc) is 2.17. The molecule has 0 aliphatic carbocycles. The number of halogens is 1. The largest absolute Gasteiger partial charge is 0.481 e. The molecule has 0 atom stereocenters. The molecule has 2 N–H and O–H groups in total. The van der Waals surface area contributed by atoms with Gasteiger partial charge in [-0.05, 0) is 26.7 Å². The van der Waals surface area contributed by atoms with Crippen molar-refractivity contribution in [1.29, 1.82) is 0 Å². The van der Waals surface area contributed by atoms with Gasteiger partial charge in [-0.2, -0.15) is 0 Å². The summed E-state index contributed by atoms with van der Waals surface area (Å²) in [6.07, 6.45) is 6.29. The van der Waals surface area contributed by atoms with Crippen LogP contribution in [0, 0.1) is 0 Å². The molecule has 3 nitrogen and oxygen atoms in total. The van der Waals surface area contributed by atoms with Gasteiger partial charge in [0.1, 0.15) is 0 Å². The number of carboxylic acids is 1. The topological polar surface area (TPSA) is 57.5 Å². The fraction of sp³-hybridized carbons (Fsp3) is 0.583. The molecule has 16 heavy (non-hydrogen) atoms. The van der Waals surface area contributed by atoms with Crippen LogP contribution in [-0.2, 0) is 4.79 Å². The highest BCUT2D eigenvalue weighted by atomic mass is 127. The van der Waals surface area contributed by atoms with Crippen molar-refractivity contribution in [1.82, 2.24) is 0 Å². The molecule has 0 bridgehead atoms. The minimum atomic E-state index is -0.833. The van der Waals surface area contributed by atoms with E-state index in [-0.39, 0.29) is 6.61 Å². The van der Waals surface area contributed by atoms with Crippen molar-refractivity contribution in [3.63, 3.8) is 0 Å². The maximum atomic E-state index is 9.00. The summed E-state index contributed by atoms with van der Waals surface area (Å²) >= 11 is 2.36. The molecule has 0 aromatic rings. The Balaban J connectivity index is 0. The summed E-state index contributed by atoms with van der Waals surface area (Å²) in [6, 6.07) is 0. The number of alkyl halides is 1. The number of allylic oxidation sites excluding steroid dienone is 3. The molecule has 4 heteroatoms. The van der Waals surface area contributed by atoms with Crippen molar-refractivity contribution < 1.29 is 15.0 Å². The van der Waals surface area contributed by atoms with Gasteiger partial charge in [0.05, 0.1) is 6.61 Å². The summed E-state index contributed by atoms with van der Waals surface area (Å²) in [5.41, 5.74) is 2.71. The van der Waals surface area contributed by atoms with E-state index in [1.54, 1.807) is 0 Å². The fourth-order valence-electron chi connectivity index (χ4n) is 0.859. The van der Waals surface area contributed by atoms with E-state index in [1.807, 2.05) is 6.08 Å². The molecule has 94 valence electrons. The highest BCUT2D eigenvalue weighted by Gasteiger charge is 1.88. The Hall–Kier alpha value is -0.360. The van der Waals surface area contributed by atoms with Crippen LogP contribution in [-0.4, -0.2) is 27.2 Å². The van der Waals surface area contributed by atoms with Gasteiger partial charge in [0.15, 0.2) is 0 Å². The van der Waals surface area contributed by atoms with Gasteiger partial charge in [-0.25, -0.2) is 0 Å². The van der Waals surface area contributed by atoms with Gasteiger partial charge in [0, 0.05) is 11.4 Å². The first kappa shape index (κ1) is 18.0. The molecule has 0 amide bonds. The maximum Gasteiger partial charge on any atom is 0.300 e. The maximum absolute atomic E-state index is 9.00. The van der Waals surface area contributed by atoms with Crippen LogP contribution in [0.5, 0.6) is 0 Å². The van der Waals surface area contributed by atoms with E-state index in [0.29, 0.717) is 0 Å². The van der Waals surface area contributed by atoms with Crippen LogP contribution in [0.2, 0.25) is 0 Å². The first-order valence-corrected chi connectivity index (χ1v) is 6.64. The number of carbonyl (C=O) groups is 1. The summed E-state index contributed by atoms with van der Waals surface area (Å²) in [4.78, 5) is 9.00. The van der Waals surface area contributed by atoms with Gasteiger partial charge in [-0.15, -0.1) is 0 Å². The molecule has 0 rings (SSSR count). The molecular weight excluding hydrogens is 319 g/mol. The van der Waals surface area contributed by atoms with Crippen LogP contribution in [0.4, 0.5) is 0 Å². The molecule has 0 aliphatic heterocycles. The summed E-state index contributed by atoms with van der Waals surface area (Å²) < 4.78 is 1.11. The molecule has 0 saturated heterocycles. The van der Waals surface area contributed by atoms with Gasteiger partial charge in [-0.3, -0.25) is 4.79 Å². The lowest BCUT2D eigenvalue weighted by Gasteiger charge is -1.97. The lowest BCUT2D eigenvalue weighted by atomic mass is 10.1. The smallest absolute Gasteiger partial charge is 0.300 e. The van der Waals surface area contributed by atoms with Crippen LogP contribution in [0.25, 0.3) is 0 Å². The lowest BCUT2D eigenvalue weighted by Crippen LogP contribution is -1.82. The zero-order valence-electron chi connectivity index (χ0n) is 10.2. The van der Waals surface area contributed by atoms with E-state index in [0.717, 1.165) is 24.2 Å². The van der Waals surface area contributed by atoms with E-state index in [1.165, 1.54) is 11.1 Å². The first-order valence-electron chi connectivity index (χ1n) is 5.11. The van der Waals surface area contributed by atoms with E-state index < -0.39 is 5.97 Å². The summed E-state index contributed by atoms with van der Waals surface area (Å²) in [5, 5.41) is 16.0. The van der Waals surface area contributed by atoms with Gasteiger partial charge in [-0.1, -0.05) is 45.9 Å². The number of aliphatic hydroxyl groups excluding tert-OH is 1. The van der Waals surface area contributed by atoms with Gasteiger partial charge in [0.25, 0.3) is 5.97 Å². The minimum Gasteiger partial charge on any atom is -0.481 e. The van der Waals surface area contributed by atoms with Crippen molar-refractivity contribution in [2.24, 2.45) is 0 Å². The third-order valence-electron chi connectivity index (χ3n) is 1.68. The van der Waals surface area contributed by atoms with Crippen LogP contribution >= 0.6 is 22.6 Å². The molecule has 0 unspecified atom stereocenters. The molecule has 0 saturated carbocycles. The van der Waals surface area contributed by atoms with Crippen LogP contribution in [0.3, 0.4) is 0 Å². The summed E-state index contributed by atoms with van der Waals surface area (Å²) in [7, 11) is 0.